The molecule has 8 heteroatoms. The van der Waals surface area contributed by atoms with E-state index in [-0.39, 0.29) is 11.3 Å². The third-order valence-corrected chi connectivity index (χ3v) is 4.86. The predicted octanol–water partition coefficient (Wildman–Crippen LogP) is 5.24. The molecule has 0 saturated carbocycles. The highest BCUT2D eigenvalue weighted by atomic mass is 32.2. The van der Waals surface area contributed by atoms with Gasteiger partial charge in [-0.15, -0.1) is 0 Å². The molecule has 0 amide bonds. The van der Waals surface area contributed by atoms with Gasteiger partial charge in [-0.3, -0.25) is 4.79 Å². The van der Waals surface area contributed by atoms with E-state index >= 15 is 0 Å². The zero-order valence-corrected chi connectivity index (χ0v) is 17.1. The molecular formula is C21H21F2N3O2S. The minimum atomic E-state index is -0.795. The van der Waals surface area contributed by atoms with E-state index in [1.807, 2.05) is 19.1 Å². The van der Waals surface area contributed by atoms with Gasteiger partial charge in [-0.1, -0.05) is 18.9 Å². The SMILES string of the molecule is CCSNc1ccc(Oc2ccc(F)cc2F)c(-c2cc(NC)c(=O)n(C)c2)c1. The van der Waals surface area contributed by atoms with Crippen LogP contribution in [0.5, 0.6) is 11.5 Å². The highest BCUT2D eigenvalue weighted by Gasteiger charge is 2.14. The van der Waals surface area contributed by atoms with Crippen LogP contribution in [0.15, 0.2) is 53.5 Å². The molecule has 0 fully saturated rings. The maximum absolute atomic E-state index is 14.1. The van der Waals surface area contributed by atoms with Gasteiger partial charge in [0.25, 0.3) is 5.56 Å². The minimum Gasteiger partial charge on any atom is -0.454 e. The Morgan fingerprint density at radius 3 is 2.55 bits per heavy atom. The third kappa shape index (κ3) is 4.71. The average Bonchev–Trinajstić information content (AvgIpc) is 2.71. The summed E-state index contributed by atoms with van der Waals surface area (Å²) in [6.45, 7) is 2.03. The Morgan fingerprint density at radius 2 is 1.86 bits per heavy atom. The number of aromatic nitrogens is 1. The normalized spacial score (nSPS) is 10.7. The molecule has 0 bridgehead atoms. The Bertz CT molecular complexity index is 1090. The molecule has 0 atom stereocenters. The summed E-state index contributed by atoms with van der Waals surface area (Å²) in [7, 11) is 3.32. The van der Waals surface area contributed by atoms with Gasteiger partial charge in [0.05, 0.1) is 0 Å². The number of aryl methyl sites for hydroxylation is 1. The monoisotopic (exact) mass is 417 g/mol. The molecule has 2 N–H and O–H groups in total. The first-order valence-electron chi connectivity index (χ1n) is 8.96. The van der Waals surface area contributed by atoms with Crippen molar-refractivity contribution in [1.29, 1.82) is 0 Å². The summed E-state index contributed by atoms with van der Waals surface area (Å²) in [5, 5.41) is 2.88. The van der Waals surface area contributed by atoms with E-state index in [1.165, 1.54) is 22.6 Å². The largest absolute Gasteiger partial charge is 0.454 e. The van der Waals surface area contributed by atoms with Gasteiger partial charge in [0, 0.05) is 48.9 Å². The Labute approximate surface area is 171 Å². The molecule has 29 heavy (non-hydrogen) atoms. The predicted molar refractivity (Wildman–Crippen MR) is 115 cm³/mol. The van der Waals surface area contributed by atoms with Crippen molar-refractivity contribution in [2.75, 3.05) is 22.8 Å². The third-order valence-electron chi connectivity index (χ3n) is 4.19. The second-order valence-corrected chi connectivity index (χ2v) is 7.30. The van der Waals surface area contributed by atoms with E-state index in [1.54, 1.807) is 32.4 Å². The van der Waals surface area contributed by atoms with E-state index in [0.717, 1.165) is 23.6 Å². The Morgan fingerprint density at radius 1 is 1.10 bits per heavy atom. The molecule has 0 saturated heterocycles. The average molecular weight is 417 g/mol. The van der Waals surface area contributed by atoms with E-state index in [0.29, 0.717) is 22.6 Å². The van der Waals surface area contributed by atoms with Crippen molar-refractivity contribution in [2.45, 2.75) is 6.92 Å². The number of hydrogen-bond acceptors (Lipinski definition) is 5. The van der Waals surface area contributed by atoms with Crippen LogP contribution in [0.4, 0.5) is 20.2 Å². The summed E-state index contributed by atoms with van der Waals surface area (Å²) >= 11 is 1.53. The molecule has 1 aromatic heterocycles. The second-order valence-electron chi connectivity index (χ2n) is 6.23. The molecule has 3 aromatic rings. The molecule has 0 unspecified atom stereocenters. The van der Waals surface area contributed by atoms with Crippen molar-refractivity contribution in [3.05, 3.63) is 70.6 Å². The van der Waals surface area contributed by atoms with Gasteiger partial charge in [-0.25, -0.2) is 8.78 Å². The van der Waals surface area contributed by atoms with Crippen molar-refractivity contribution in [3.63, 3.8) is 0 Å². The molecule has 5 nitrogen and oxygen atoms in total. The second kappa shape index (κ2) is 9.00. The fraction of sp³-hybridized carbons (Fsp3) is 0.190. The first-order chi connectivity index (χ1) is 13.9. The highest BCUT2D eigenvalue weighted by molar-refractivity contribution is 8.00. The van der Waals surface area contributed by atoms with Gasteiger partial charge >= 0.3 is 0 Å². The van der Waals surface area contributed by atoms with Gasteiger partial charge in [0.1, 0.15) is 17.3 Å². The van der Waals surface area contributed by atoms with E-state index in [9.17, 15) is 13.6 Å². The van der Waals surface area contributed by atoms with Crippen molar-refractivity contribution in [1.82, 2.24) is 4.57 Å². The van der Waals surface area contributed by atoms with Crippen LogP contribution in [0, 0.1) is 11.6 Å². The number of anilines is 2. The molecule has 0 aliphatic rings. The van der Waals surface area contributed by atoms with Gasteiger partial charge in [0.2, 0.25) is 0 Å². The fourth-order valence-electron chi connectivity index (χ4n) is 2.78. The zero-order chi connectivity index (χ0) is 21.0. The van der Waals surface area contributed by atoms with Crippen LogP contribution in [-0.2, 0) is 7.05 Å². The van der Waals surface area contributed by atoms with Crippen LogP contribution in [-0.4, -0.2) is 17.4 Å². The molecule has 3 rings (SSSR count). The van der Waals surface area contributed by atoms with Crippen molar-refractivity contribution in [3.8, 4) is 22.6 Å². The zero-order valence-electron chi connectivity index (χ0n) is 16.3. The van der Waals surface area contributed by atoms with Crippen LogP contribution in [0.1, 0.15) is 6.92 Å². The molecule has 0 spiro atoms. The quantitative estimate of drug-likeness (QED) is 0.515. The number of halogens is 2. The Balaban J connectivity index is 2.11. The maximum atomic E-state index is 14.1. The van der Waals surface area contributed by atoms with Gasteiger partial charge < -0.3 is 19.3 Å². The van der Waals surface area contributed by atoms with Crippen LogP contribution >= 0.6 is 11.9 Å². The van der Waals surface area contributed by atoms with Crippen LogP contribution in [0.2, 0.25) is 0 Å². The number of ether oxygens (including phenoxy) is 1. The molecule has 152 valence electrons. The number of rotatable bonds is 7. The van der Waals surface area contributed by atoms with Crippen molar-refractivity contribution < 1.29 is 13.5 Å². The fourth-order valence-corrected chi connectivity index (χ4v) is 3.22. The van der Waals surface area contributed by atoms with Crippen molar-refractivity contribution >= 4 is 23.3 Å². The number of nitrogens with one attached hydrogen (secondary N) is 2. The van der Waals surface area contributed by atoms with Crippen LogP contribution < -0.4 is 20.3 Å². The smallest absolute Gasteiger partial charge is 0.273 e. The van der Waals surface area contributed by atoms with E-state index in [4.69, 9.17) is 4.74 Å². The first kappa shape index (κ1) is 20.7. The van der Waals surface area contributed by atoms with Gasteiger partial charge in [0.15, 0.2) is 11.6 Å². The van der Waals surface area contributed by atoms with E-state index in [2.05, 4.69) is 10.0 Å². The summed E-state index contributed by atoms with van der Waals surface area (Å²) in [5.41, 5.74) is 2.45. The number of pyridine rings is 1. The standard InChI is InChI=1S/C21H21F2N3O2S/c1-4-29-25-15-6-8-19(28-20-7-5-14(22)10-17(20)23)16(11-15)13-9-18(24-2)21(27)26(3)12-13/h5-12,24-25H,4H2,1-3H3. The molecule has 0 aliphatic heterocycles. The number of nitrogens with zero attached hydrogens (tertiary/aromatic N) is 1. The van der Waals surface area contributed by atoms with Gasteiger partial charge in [-0.05, 0) is 36.4 Å². The lowest BCUT2D eigenvalue weighted by Gasteiger charge is -2.16. The molecule has 0 aliphatic carbocycles. The molecule has 0 radical (unpaired) electrons. The highest BCUT2D eigenvalue weighted by Crippen LogP contribution is 2.37. The summed E-state index contributed by atoms with van der Waals surface area (Å²) in [4.78, 5) is 12.2. The lowest BCUT2D eigenvalue weighted by molar-refractivity contribution is 0.439. The summed E-state index contributed by atoms with van der Waals surface area (Å²) < 4.78 is 37.8. The Kier molecular flexibility index (Phi) is 6.43. The first-order valence-corrected chi connectivity index (χ1v) is 9.95. The summed E-state index contributed by atoms with van der Waals surface area (Å²) in [6, 6.07) is 10.2. The summed E-state index contributed by atoms with van der Waals surface area (Å²) in [6.07, 6.45) is 1.68. The van der Waals surface area contributed by atoms with E-state index < -0.39 is 11.6 Å². The topological polar surface area (TPSA) is 55.3 Å². The molecule has 1 heterocycles. The van der Waals surface area contributed by atoms with Crippen molar-refractivity contribution in [2.24, 2.45) is 7.05 Å². The summed E-state index contributed by atoms with van der Waals surface area (Å²) in [5.74, 6) is -0.310. The lowest BCUT2D eigenvalue weighted by atomic mass is 10.0. The van der Waals surface area contributed by atoms with Crippen LogP contribution in [0.25, 0.3) is 11.1 Å². The van der Waals surface area contributed by atoms with Gasteiger partial charge in [-0.2, -0.15) is 0 Å². The van der Waals surface area contributed by atoms with Crippen LogP contribution in [0.3, 0.4) is 0 Å². The number of hydrogen-bond donors (Lipinski definition) is 2. The molecule has 2 aromatic carbocycles. The lowest BCUT2D eigenvalue weighted by Crippen LogP contribution is -2.19. The molecular weight excluding hydrogens is 396 g/mol. The maximum Gasteiger partial charge on any atom is 0.273 e. The number of benzene rings is 2. The Hall–Kier alpha value is -3.00. The minimum absolute atomic E-state index is 0.0880.